The van der Waals surface area contributed by atoms with Gasteiger partial charge in [0.15, 0.2) is 10.1 Å². The lowest BCUT2D eigenvalue weighted by atomic mass is 10.1. The van der Waals surface area contributed by atoms with Gasteiger partial charge < -0.3 is 10.1 Å². The smallest absolute Gasteiger partial charge is 0.387 e. The molecule has 0 aliphatic heterocycles. The van der Waals surface area contributed by atoms with Gasteiger partial charge in [0.05, 0.1) is 5.25 Å². The summed E-state index contributed by atoms with van der Waals surface area (Å²) >= 11 is 2.66. The van der Waals surface area contributed by atoms with E-state index in [-0.39, 0.29) is 16.8 Å². The van der Waals surface area contributed by atoms with Gasteiger partial charge in [0.25, 0.3) is 0 Å². The maximum Gasteiger partial charge on any atom is 0.387 e. The molecular weight excluding hydrogens is 332 g/mol. The molecule has 0 radical (unpaired) electrons. The highest BCUT2D eigenvalue weighted by molar-refractivity contribution is 8.02. The average molecular weight is 345 g/mol. The quantitative estimate of drug-likeness (QED) is 0.612. The van der Waals surface area contributed by atoms with Gasteiger partial charge in [-0.3, -0.25) is 4.79 Å². The first-order chi connectivity index (χ1) is 10.5. The number of thioether (sulfide) groups is 1. The van der Waals surface area contributed by atoms with Crippen molar-refractivity contribution in [1.82, 2.24) is 10.2 Å². The number of halogens is 2. The lowest BCUT2D eigenvalue weighted by Crippen LogP contribution is -2.13. The Bertz CT molecular complexity index is 634. The Kier molecular flexibility index (Phi) is 5.67. The topological polar surface area (TPSA) is 64.1 Å². The van der Waals surface area contributed by atoms with E-state index in [4.69, 9.17) is 0 Å². The van der Waals surface area contributed by atoms with Crippen LogP contribution in [-0.4, -0.2) is 34.9 Å². The van der Waals surface area contributed by atoms with Crippen molar-refractivity contribution in [2.45, 2.75) is 23.1 Å². The molecule has 22 heavy (non-hydrogen) atoms. The molecule has 0 amide bonds. The summed E-state index contributed by atoms with van der Waals surface area (Å²) in [5.74, 6) is -0.0931. The van der Waals surface area contributed by atoms with Crippen LogP contribution in [-0.2, 0) is 0 Å². The number of hydrogen-bond donors (Lipinski definition) is 1. The van der Waals surface area contributed by atoms with Crippen molar-refractivity contribution in [3.8, 4) is 5.75 Å². The summed E-state index contributed by atoms with van der Waals surface area (Å²) < 4.78 is 29.1. The molecule has 0 unspecified atom stereocenters. The van der Waals surface area contributed by atoms with Crippen LogP contribution in [0.3, 0.4) is 0 Å². The first-order valence-electron chi connectivity index (χ1n) is 6.26. The molecule has 1 aromatic heterocycles. The Morgan fingerprint density at radius 1 is 1.32 bits per heavy atom. The van der Waals surface area contributed by atoms with Crippen molar-refractivity contribution in [2.24, 2.45) is 0 Å². The third-order valence-electron chi connectivity index (χ3n) is 2.63. The summed E-state index contributed by atoms with van der Waals surface area (Å²) in [5.41, 5.74) is 0.431. The van der Waals surface area contributed by atoms with Crippen LogP contribution in [0.2, 0.25) is 0 Å². The van der Waals surface area contributed by atoms with E-state index in [2.05, 4.69) is 20.3 Å². The number of rotatable bonds is 7. The summed E-state index contributed by atoms with van der Waals surface area (Å²) in [5, 5.41) is 11.0. The van der Waals surface area contributed by atoms with Crippen molar-refractivity contribution in [1.29, 1.82) is 0 Å². The number of hydrogen-bond acceptors (Lipinski definition) is 7. The summed E-state index contributed by atoms with van der Waals surface area (Å²) in [6.07, 6.45) is 0. The number of Topliss-reactive ketones (excluding diaryl/α,β-unsaturated/α-hetero) is 1. The normalized spacial score (nSPS) is 12.2. The van der Waals surface area contributed by atoms with Crippen LogP contribution in [0.1, 0.15) is 17.3 Å². The standard InChI is InChI=1S/C13H13F2N3O2S2/c1-7(21-13-18-17-12(16-2)22-13)10(19)8-3-5-9(6-4-8)20-11(14)15/h3-7,11H,1-2H3,(H,16,17)/t7-/m0/s1. The maximum absolute atomic E-state index is 12.3. The Balaban J connectivity index is 2.00. The van der Waals surface area contributed by atoms with E-state index in [1.165, 1.54) is 47.4 Å². The number of benzene rings is 1. The van der Waals surface area contributed by atoms with Crippen LogP contribution in [0.15, 0.2) is 28.6 Å². The van der Waals surface area contributed by atoms with Gasteiger partial charge in [0.1, 0.15) is 5.75 Å². The SMILES string of the molecule is CNc1nnc(S[C@@H](C)C(=O)c2ccc(OC(F)F)cc2)s1. The molecule has 1 aromatic carbocycles. The minimum absolute atomic E-state index is 0.0228. The Morgan fingerprint density at radius 2 is 2.00 bits per heavy atom. The number of nitrogens with zero attached hydrogens (tertiary/aromatic N) is 2. The molecule has 0 saturated heterocycles. The van der Waals surface area contributed by atoms with Gasteiger partial charge in [0, 0.05) is 12.6 Å². The third kappa shape index (κ3) is 4.38. The molecule has 0 bridgehead atoms. The fourth-order valence-corrected chi connectivity index (χ4v) is 3.53. The van der Waals surface area contributed by atoms with E-state index in [0.717, 1.165) is 0 Å². The third-order valence-corrected chi connectivity index (χ3v) is 4.76. The van der Waals surface area contributed by atoms with Crippen LogP contribution in [0.25, 0.3) is 0 Å². The van der Waals surface area contributed by atoms with E-state index in [0.29, 0.717) is 15.0 Å². The highest BCUT2D eigenvalue weighted by Crippen LogP contribution is 2.30. The predicted octanol–water partition coefficient (Wildman–Crippen LogP) is 3.54. The Morgan fingerprint density at radius 3 is 2.55 bits per heavy atom. The van der Waals surface area contributed by atoms with Gasteiger partial charge >= 0.3 is 6.61 Å². The second-order valence-electron chi connectivity index (χ2n) is 4.15. The summed E-state index contributed by atoms with van der Waals surface area (Å²) in [4.78, 5) is 12.3. The number of ether oxygens (including phenoxy) is 1. The number of carbonyl (C=O) groups is 1. The minimum Gasteiger partial charge on any atom is -0.435 e. The van der Waals surface area contributed by atoms with E-state index in [1.807, 2.05) is 0 Å². The van der Waals surface area contributed by atoms with Gasteiger partial charge in [-0.2, -0.15) is 8.78 Å². The summed E-state index contributed by atoms with van der Waals surface area (Å²) in [7, 11) is 1.74. The molecule has 0 spiro atoms. The van der Waals surface area contributed by atoms with Gasteiger partial charge in [-0.15, -0.1) is 10.2 Å². The molecule has 1 N–H and O–H groups in total. The molecular formula is C13H13F2N3O2S2. The Labute approximate surface area is 134 Å². The number of aromatic nitrogens is 2. The largest absolute Gasteiger partial charge is 0.435 e. The van der Waals surface area contributed by atoms with Crippen LogP contribution in [0.5, 0.6) is 5.75 Å². The van der Waals surface area contributed by atoms with E-state index < -0.39 is 6.61 Å². The molecule has 0 saturated carbocycles. The predicted molar refractivity (Wildman–Crippen MR) is 82.2 cm³/mol. The van der Waals surface area contributed by atoms with Crippen molar-refractivity contribution < 1.29 is 18.3 Å². The molecule has 9 heteroatoms. The Hall–Kier alpha value is -1.74. The summed E-state index contributed by atoms with van der Waals surface area (Å²) in [6.45, 7) is -1.12. The van der Waals surface area contributed by atoms with Gasteiger partial charge in [-0.25, -0.2) is 0 Å². The van der Waals surface area contributed by atoms with Crippen LogP contribution < -0.4 is 10.1 Å². The van der Waals surface area contributed by atoms with Crippen molar-refractivity contribution in [3.05, 3.63) is 29.8 Å². The number of nitrogens with one attached hydrogen (secondary N) is 1. The first kappa shape index (κ1) is 16.6. The number of carbonyl (C=O) groups excluding carboxylic acids is 1. The van der Waals surface area contributed by atoms with E-state index in [9.17, 15) is 13.6 Å². The highest BCUT2D eigenvalue weighted by Gasteiger charge is 2.19. The second-order valence-corrected chi connectivity index (χ2v) is 6.72. The molecule has 5 nitrogen and oxygen atoms in total. The molecule has 2 aromatic rings. The van der Waals surface area contributed by atoms with E-state index in [1.54, 1.807) is 14.0 Å². The molecule has 0 aliphatic rings. The van der Waals surface area contributed by atoms with Crippen LogP contribution >= 0.6 is 23.1 Å². The van der Waals surface area contributed by atoms with E-state index >= 15 is 0 Å². The highest BCUT2D eigenvalue weighted by atomic mass is 32.2. The molecule has 1 atom stereocenters. The zero-order valence-corrected chi connectivity index (χ0v) is 13.4. The second kappa shape index (κ2) is 7.50. The lowest BCUT2D eigenvalue weighted by molar-refractivity contribution is -0.0498. The molecule has 0 aliphatic carbocycles. The van der Waals surface area contributed by atoms with Crippen molar-refractivity contribution in [3.63, 3.8) is 0 Å². The van der Waals surface area contributed by atoms with Crippen molar-refractivity contribution in [2.75, 3.05) is 12.4 Å². The monoisotopic (exact) mass is 345 g/mol. The van der Waals surface area contributed by atoms with Gasteiger partial charge in [-0.1, -0.05) is 23.1 Å². The molecule has 1 heterocycles. The average Bonchev–Trinajstić information content (AvgIpc) is 2.94. The fraction of sp³-hybridized carbons (Fsp3) is 0.308. The minimum atomic E-state index is -2.88. The molecule has 118 valence electrons. The number of alkyl halides is 2. The molecule has 2 rings (SSSR count). The lowest BCUT2D eigenvalue weighted by Gasteiger charge is -2.09. The molecule has 0 fully saturated rings. The summed E-state index contributed by atoms with van der Waals surface area (Å²) in [6, 6.07) is 5.63. The fourth-order valence-electron chi connectivity index (χ4n) is 1.60. The first-order valence-corrected chi connectivity index (χ1v) is 7.96. The number of ketones is 1. The zero-order chi connectivity index (χ0) is 16.1. The van der Waals surface area contributed by atoms with Crippen LogP contribution in [0, 0.1) is 0 Å². The van der Waals surface area contributed by atoms with Gasteiger partial charge in [0.2, 0.25) is 5.13 Å². The van der Waals surface area contributed by atoms with Crippen molar-refractivity contribution >= 4 is 34.0 Å². The van der Waals surface area contributed by atoms with Crippen LogP contribution in [0.4, 0.5) is 13.9 Å². The number of anilines is 1. The zero-order valence-electron chi connectivity index (χ0n) is 11.7. The van der Waals surface area contributed by atoms with Gasteiger partial charge in [-0.05, 0) is 31.2 Å². The maximum atomic E-state index is 12.3.